The second kappa shape index (κ2) is 3.53. The normalized spacial score (nSPS) is 9.40. The van der Waals surface area contributed by atoms with E-state index in [2.05, 4.69) is 26.3 Å². The van der Waals surface area contributed by atoms with Gasteiger partial charge in [-0.3, -0.25) is 0 Å². The van der Waals surface area contributed by atoms with Crippen LogP contribution in [0.3, 0.4) is 0 Å². The molecule has 1 rings (SSSR count). The fraction of sp³-hybridized carbons (Fsp3) is 0.167. The zero-order valence-corrected chi connectivity index (χ0v) is 6.93. The standard InChI is InChI=1S/C6H8BrN3/c7-4-5-1-2-9-6(3-5)10-8/h1-3H,4,8H2,(H,9,10). The number of alkyl halides is 1. The Morgan fingerprint density at radius 1 is 1.70 bits per heavy atom. The van der Waals surface area contributed by atoms with E-state index in [0.29, 0.717) is 5.82 Å². The molecule has 0 aliphatic heterocycles. The summed E-state index contributed by atoms with van der Waals surface area (Å²) in [5.41, 5.74) is 3.63. The summed E-state index contributed by atoms with van der Waals surface area (Å²) in [6.45, 7) is 0. The van der Waals surface area contributed by atoms with E-state index < -0.39 is 0 Å². The molecule has 1 aromatic rings. The molecule has 54 valence electrons. The number of aromatic nitrogens is 1. The van der Waals surface area contributed by atoms with Crippen LogP contribution in [0.2, 0.25) is 0 Å². The first kappa shape index (κ1) is 7.50. The summed E-state index contributed by atoms with van der Waals surface area (Å²) in [6, 6.07) is 3.81. The Labute approximate surface area is 67.7 Å². The smallest absolute Gasteiger partial charge is 0.140 e. The highest BCUT2D eigenvalue weighted by Crippen LogP contribution is 2.08. The van der Waals surface area contributed by atoms with Gasteiger partial charge in [0.25, 0.3) is 0 Å². The molecular formula is C6H8BrN3. The average Bonchev–Trinajstić information content (AvgIpc) is 2.05. The lowest BCUT2D eigenvalue weighted by atomic mass is 10.3. The maximum absolute atomic E-state index is 5.15. The van der Waals surface area contributed by atoms with Crippen LogP contribution in [0, 0.1) is 0 Å². The van der Waals surface area contributed by atoms with Crippen LogP contribution in [0.5, 0.6) is 0 Å². The number of halogens is 1. The lowest BCUT2D eigenvalue weighted by Gasteiger charge is -1.98. The van der Waals surface area contributed by atoms with Crippen LogP contribution in [0.25, 0.3) is 0 Å². The van der Waals surface area contributed by atoms with Crippen LogP contribution in [-0.4, -0.2) is 4.98 Å². The molecule has 0 atom stereocenters. The summed E-state index contributed by atoms with van der Waals surface area (Å²) in [4.78, 5) is 3.95. The van der Waals surface area contributed by atoms with E-state index in [1.807, 2.05) is 12.1 Å². The number of nitrogen functional groups attached to an aromatic ring is 1. The molecule has 0 bridgehead atoms. The van der Waals surface area contributed by atoms with Crippen molar-refractivity contribution in [3.05, 3.63) is 23.9 Å². The van der Waals surface area contributed by atoms with Gasteiger partial charge in [-0.2, -0.15) is 0 Å². The zero-order chi connectivity index (χ0) is 7.40. The number of nitrogens with one attached hydrogen (secondary N) is 1. The van der Waals surface area contributed by atoms with Gasteiger partial charge in [0, 0.05) is 11.5 Å². The molecule has 0 aromatic carbocycles. The van der Waals surface area contributed by atoms with Gasteiger partial charge in [-0.15, -0.1) is 0 Å². The number of anilines is 1. The fourth-order valence-electron chi connectivity index (χ4n) is 0.636. The van der Waals surface area contributed by atoms with Gasteiger partial charge in [-0.1, -0.05) is 15.9 Å². The highest BCUT2D eigenvalue weighted by Gasteiger charge is 1.91. The van der Waals surface area contributed by atoms with Crippen LogP contribution < -0.4 is 11.3 Å². The van der Waals surface area contributed by atoms with E-state index in [4.69, 9.17) is 5.84 Å². The third-order valence-electron chi connectivity index (χ3n) is 1.13. The molecule has 0 spiro atoms. The highest BCUT2D eigenvalue weighted by atomic mass is 79.9. The van der Waals surface area contributed by atoms with Crippen molar-refractivity contribution in [3.63, 3.8) is 0 Å². The summed E-state index contributed by atoms with van der Waals surface area (Å²) in [5, 5.41) is 0.824. The minimum absolute atomic E-state index is 0.692. The molecule has 0 aliphatic carbocycles. The van der Waals surface area contributed by atoms with Gasteiger partial charge in [-0.25, -0.2) is 10.8 Å². The van der Waals surface area contributed by atoms with Crippen molar-refractivity contribution in [1.82, 2.24) is 4.98 Å². The predicted octanol–water partition coefficient (Wildman–Crippen LogP) is 1.26. The Hall–Kier alpha value is -0.610. The Morgan fingerprint density at radius 2 is 2.50 bits per heavy atom. The Balaban J connectivity index is 2.87. The molecule has 4 heteroatoms. The van der Waals surface area contributed by atoms with Crippen molar-refractivity contribution in [1.29, 1.82) is 0 Å². The molecule has 0 saturated heterocycles. The maximum Gasteiger partial charge on any atom is 0.140 e. The summed E-state index contributed by atoms with van der Waals surface area (Å²) in [5.74, 6) is 5.84. The minimum Gasteiger partial charge on any atom is -0.308 e. The number of hydrazine groups is 1. The molecule has 0 amide bonds. The monoisotopic (exact) mass is 201 g/mol. The van der Waals surface area contributed by atoms with Crippen LogP contribution in [0.4, 0.5) is 5.82 Å². The molecular weight excluding hydrogens is 194 g/mol. The summed E-state index contributed by atoms with van der Waals surface area (Å²) < 4.78 is 0. The molecule has 1 aromatic heterocycles. The molecule has 0 aliphatic rings. The highest BCUT2D eigenvalue weighted by molar-refractivity contribution is 9.08. The molecule has 0 saturated carbocycles. The third kappa shape index (κ3) is 1.68. The number of nitrogens with zero attached hydrogens (tertiary/aromatic N) is 1. The van der Waals surface area contributed by atoms with Crippen molar-refractivity contribution >= 4 is 21.7 Å². The first-order valence-electron chi connectivity index (χ1n) is 2.84. The van der Waals surface area contributed by atoms with E-state index in [1.54, 1.807) is 6.20 Å². The first-order valence-corrected chi connectivity index (χ1v) is 3.96. The van der Waals surface area contributed by atoms with Gasteiger partial charge >= 0.3 is 0 Å². The third-order valence-corrected chi connectivity index (χ3v) is 1.77. The summed E-state index contributed by atoms with van der Waals surface area (Å²) in [7, 11) is 0. The van der Waals surface area contributed by atoms with Gasteiger partial charge in [0.1, 0.15) is 5.82 Å². The number of rotatable bonds is 2. The van der Waals surface area contributed by atoms with E-state index in [1.165, 1.54) is 0 Å². The summed E-state index contributed by atoms with van der Waals surface area (Å²) >= 11 is 3.32. The van der Waals surface area contributed by atoms with Gasteiger partial charge in [0.15, 0.2) is 0 Å². The van der Waals surface area contributed by atoms with Gasteiger partial charge < -0.3 is 5.43 Å². The predicted molar refractivity (Wildman–Crippen MR) is 44.7 cm³/mol. The topological polar surface area (TPSA) is 50.9 Å². The second-order valence-corrected chi connectivity index (χ2v) is 2.39. The largest absolute Gasteiger partial charge is 0.308 e. The second-order valence-electron chi connectivity index (χ2n) is 1.83. The zero-order valence-electron chi connectivity index (χ0n) is 5.34. The van der Waals surface area contributed by atoms with E-state index in [0.717, 1.165) is 10.9 Å². The quantitative estimate of drug-likeness (QED) is 0.431. The van der Waals surface area contributed by atoms with Crippen molar-refractivity contribution in [2.24, 2.45) is 5.84 Å². The number of nitrogens with two attached hydrogens (primary N) is 1. The van der Waals surface area contributed by atoms with Gasteiger partial charge in [0.2, 0.25) is 0 Å². The van der Waals surface area contributed by atoms with E-state index in [9.17, 15) is 0 Å². The van der Waals surface area contributed by atoms with Crippen LogP contribution in [0.15, 0.2) is 18.3 Å². The van der Waals surface area contributed by atoms with Crippen molar-refractivity contribution in [2.45, 2.75) is 5.33 Å². The Bertz CT molecular complexity index is 195. The fourth-order valence-corrected chi connectivity index (χ4v) is 0.985. The number of pyridine rings is 1. The molecule has 10 heavy (non-hydrogen) atoms. The lowest BCUT2D eigenvalue weighted by Crippen LogP contribution is -2.08. The molecule has 3 nitrogen and oxygen atoms in total. The number of hydrogen-bond acceptors (Lipinski definition) is 3. The molecule has 0 unspecified atom stereocenters. The van der Waals surface area contributed by atoms with Crippen LogP contribution in [0.1, 0.15) is 5.56 Å². The molecule has 3 N–H and O–H groups in total. The van der Waals surface area contributed by atoms with Crippen LogP contribution in [-0.2, 0) is 5.33 Å². The molecule has 0 fully saturated rings. The van der Waals surface area contributed by atoms with E-state index in [-0.39, 0.29) is 0 Å². The molecule has 0 radical (unpaired) electrons. The van der Waals surface area contributed by atoms with Gasteiger partial charge in [-0.05, 0) is 17.7 Å². The Kier molecular flexibility index (Phi) is 2.65. The first-order chi connectivity index (χ1) is 4.86. The van der Waals surface area contributed by atoms with Crippen molar-refractivity contribution in [3.8, 4) is 0 Å². The Morgan fingerprint density at radius 3 is 3.10 bits per heavy atom. The lowest BCUT2D eigenvalue weighted by molar-refractivity contribution is 1.21. The van der Waals surface area contributed by atoms with Crippen molar-refractivity contribution < 1.29 is 0 Å². The summed E-state index contributed by atoms with van der Waals surface area (Å²) in [6.07, 6.45) is 1.71. The molecule has 1 heterocycles. The minimum atomic E-state index is 0.692. The maximum atomic E-state index is 5.15. The van der Waals surface area contributed by atoms with Crippen molar-refractivity contribution in [2.75, 3.05) is 5.43 Å². The number of hydrogen-bond donors (Lipinski definition) is 2. The van der Waals surface area contributed by atoms with E-state index >= 15 is 0 Å². The SMILES string of the molecule is NNc1cc(CBr)ccn1. The van der Waals surface area contributed by atoms with Gasteiger partial charge in [0.05, 0.1) is 0 Å². The van der Waals surface area contributed by atoms with Crippen LogP contribution >= 0.6 is 15.9 Å². The average molecular weight is 202 g/mol.